The van der Waals surface area contributed by atoms with Crippen LogP contribution in [0.1, 0.15) is 24.1 Å². The molecule has 1 fully saturated rings. The van der Waals surface area contributed by atoms with E-state index in [-0.39, 0.29) is 0 Å². The SMILES string of the molecule is Cc1cnc(NC2CC2)nc1CC#N.c1ccncc1. The van der Waals surface area contributed by atoms with E-state index in [1.54, 1.807) is 18.6 Å². The number of aryl methyl sites for hydroxylation is 1. The molecule has 1 saturated carbocycles. The van der Waals surface area contributed by atoms with E-state index in [9.17, 15) is 0 Å². The minimum atomic E-state index is 0.355. The average molecular weight is 267 g/mol. The number of rotatable bonds is 3. The molecule has 0 aromatic carbocycles. The van der Waals surface area contributed by atoms with Crippen LogP contribution in [-0.2, 0) is 6.42 Å². The maximum absolute atomic E-state index is 8.60. The first-order valence-electron chi connectivity index (χ1n) is 6.60. The summed E-state index contributed by atoms with van der Waals surface area (Å²) in [6, 6.07) is 8.37. The van der Waals surface area contributed by atoms with Gasteiger partial charge in [0.1, 0.15) is 0 Å². The molecule has 2 aromatic rings. The van der Waals surface area contributed by atoms with Crippen LogP contribution in [0, 0.1) is 18.3 Å². The number of hydrogen-bond acceptors (Lipinski definition) is 5. The highest BCUT2D eigenvalue weighted by molar-refractivity contribution is 5.32. The van der Waals surface area contributed by atoms with Crippen molar-refractivity contribution in [1.82, 2.24) is 15.0 Å². The third-order valence-corrected chi connectivity index (χ3v) is 2.80. The van der Waals surface area contributed by atoms with E-state index in [1.165, 1.54) is 12.8 Å². The number of nitrogens with zero attached hydrogens (tertiary/aromatic N) is 4. The fourth-order valence-electron chi connectivity index (χ4n) is 1.52. The summed E-state index contributed by atoms with van der Waals surface area (Å²) in [4.78, 5) is 12.3. The summed E-state index contributed by atoms with van der Waals surface area (Å²) in [7, 11) is 0. The van der Waals surface area contributed by atoms with Gasteiger partial charge in [0.25, 0.3) is 0 Å². The van der Waals surface area contributed by atoms with Crippen molar-refractivity contribution in [3.63, 3.8) is 0 Å². The summed E-state index contributed by atoms with van der Waals surface area (Å²) in [5, 5.41) is 11.8. The average Bonchev–Trinajstić information content (AvgIpc) is 3.29. The van der Waals surface area contributed by atoms with Gasteiger partial charge in [0.2, 0.25) is 5.95 Å². The predicted molar refractivity (Wildman–Crippen MR) is 77.0 cm³/mol. The predicted octanol–water partition coefficient (Wildman–Crippen LogP) is 2.51. The molecule has 1 aliphatic carbocycles. The van der Waals surface area contributed by atoms with Crippen LogP contribution in [-0.4, -0.2) is 21.0 Å². The van der Waals surface area contributed by atoms with Crippen LogP contribution < -0.4 is 5.32 Å². The Kier molecular flexibility index (Phi) is 5.01. The molecule has 0 bridgehead atoms. The highest BCUT2D eigenvalue weighted by atomic mass is 15.1. The van der Waals surface area contributed by atoms with Crippen molar-refractivity contribution in [2.45, 2.75) is 32.2 Å². The lowest BCUT2D eigenvalue weighted by atomic mass is 10.2. The van der Waals surface area contributed by atoms with Crippen molar-refractivity contribution in [2.24, 2.45) is 0 Å². The highest BCUT2D eigenvalue weighted by Gasteiger charge is 2.21. The Morgan fingerprint density at radius 3 is 2.55 bits per heavy atom. The van der Waals surface area contributed by atoms with Gasteiger partial charge in [0.15, 0.2) is 0 Å². The van der Waals surface area contributed by atoms with Crippen molar-refractivity contribution in [3.05, 3.63) is 48.0 Å². The maximum Gasteiger partial charge on any atom is 0.223 e. The van der Waals surface area contributed by atoms with Crippen molar-refractivity contribution in [2.75, 3.05) is 5.32 Å². The first kappa shape index (κ1) is 13.9. The molecule has 2 aromatic heterocycles. The van der Waals surface area contributed by atoms with E-state index < -0.39 is 0 Å². The Balaban J connectivity index is 0.000000205. The van der Waals surface area contributed by atoms with Crippen LogP contribution >= 0.6 is 0 Å². The Morgan fingerprint density at radius 1 is 1.30 bits per heavy atom. The molecule has 0 amide bonds. The van der Waals surface area contributed by atoms with E-state index >= 15 is 0 Å². The molecule has 5 nitrogen and oxygen atoms in total. The zero-order chi connectivity index (χ0) is 14.2. The van der Waals surface area contributed by atoms with Gasteiger partial charge in [-0.3, -0.25) is 4.98 Å². The number of aromatic nitrogens is 3. The fraction of sp³-hybridized carbons (Fsp3) is 0.333. The summed E-state index contributed by atoms with van der Waals surface area (Å²) in [5.41, 5.74) is 1.80. The first-order chi connectivity index (χ1) is 9.79. The Hall–Kier alpha value is -2.48. The van der Waals surface area contributed by atoms with Crippen LogP contribution in [0.2, 0.25) is 0 Å². The molecule has 0 spiro atoms. The highest BCUT2D eigenvalue weighted by Crippen LogP contribution is 2.23. The molecule has 102 valence electrons. The molecule has 0 unspecified atom stereocenters. The number of hydrogen-bond donors (Lipinski definition) is 1. The number of nitriles is 1. The maximum atomic E-state index is 8.60. The van der Waals surface area contributed by atoms with Gasteiger partial charge in [-0.1, -0.05) is 6.07 Å². The second-order valence-corrected chi connectivity index (χ2v) is 4.60. The molecular weight excluding hydrogens is 250 g/mol. The van der Waals surface area contributed by atoms with Crippen LogP contribution in [0.25, 0.3) is 0 Å². The lowest BCUT2D eigenvalue weighted by molar-refractivity contribution is 0.985. The third kappa shape index (κ3) is 4.65. The normalized spacial score (nSPS) is 12.8. The van der Waals surface area contributed by atoms with Gasteiger partial charge in [0, 0.05) is 24.6 Å². The van der Waals surface area contributed by atoms with E-state index in [0.717, 1.165) is 11.3 Å². The second kappa shape index (κ2) is 7.19. The quantitative estimate of drug-likeness (QED) is 0.924. The first-order valence-corrected chi connectivity index (χ1v) is 6.60. The standard InChI is InChI=1S/C10H12N4.C5H5N/c1-7-6-12-10(13-8-2-3-8)14-9(7)4-5-11;1-2-4-6-5-3-1/h6,8H,2-4H2,1H3,(H,12,13,14);1-5H. The van der Waals surface area contributed by atoms with Gasteiger partial charge in [-0.2, -0.15) is 5.26 Å². The zero-order valence-corrected chi connectivity index (χ0v) is 11.5. The molecule has 0 aliphatic heterocycles. The molecule has 0 atom stereocenters. The summed E-state index contributed by atoms with van der Waals surface area (Å²) >= 11 is 0. The second-order valence-electron chi connectivity index (χ2n) is 4.60. The smallest absolute Gasteiger partial charge is 0.223 e. The van der Waals surface area contributed by atoms with E-state index in [4.69, 9.17) is 5.26 Å². The molecule has 0 radical (unpaired) electrons. The Bertz CT molecular complexity index is 546. The Morgan fingerprint density at radius 2 is 2.05 bits per heavy atom. The number of pyridine rings is 1. The molecule has 20 heavy (non-hydrogen) atoms. The van der Waals surface area contributed by atoms with Gasteiger partial charge >= 0.3 is 0 Å². The summed E-state index contributed by atoms with van der Waals surface area (Å²) in [6.07, 6.45) is 8.02. The summed E-state index contributed by atoms with van der Waals surface area (Å²) in [5.74, 6) is 0.656. The molecule has 3 rings (SSSR count). The molecular formula is C15H17N5. The summed E-state index contributed by atoms with van der Waals surface area (Å²) in [6.45, 7) is 1.92. The topological polar surface area (TPSA) is 74.5 Å². The van der Waals surface area contributed by atoms with Crippen molar-refractivity contribution >= 4 is 5.95 Å². The molecule has 1 aliphatic rings. The fourth-order valence-corrected chi connectivity index (χ4v) is 1.52. The van der Waals surface area contributed by atoms with Gasteiger partial charge in [-0.25, -0.2) is 9.97 Å². The lowest BCUT2D eigenvalue weighted by Gasteiger charge is -2.05. The van der Waals surface area contributed by atoms with Crippen LogP contribution in [0.3, 0.4) is 0 Å². The monoisotopic (exact) mass is 267 g/mol. The van der Waals surface area contributed by atoms with E-state index in [0.29, 0.717) is 18.4 Å². The van der Waals surface area contributed by atoms with Crippen LogP contribution in [0.15, 0.2) is 36.8 Å². The largest absolute Gasteiger partial charge is 0.351 e. The Labute approximate surface area is 118 Å². The lowest BCUT2D eigenvalue weighted by Crippen LogP contribution is -2.07. The van der Waals surface area contributed by atoms with Crippen molar-refractivity contribution < 1.29 is 0 Å². The van der Waals surface area contributed by atoms with Crippen molar-refractivity contribution in [3.8, 4) is 6.07 Å². The van der Waals surface area contributed by atoms with Gasteiger partial charge in [-0.15, -0.1) is 0 Å². The van der Waals surface area contributed by atoms with E-state index in [2.05, 4.69) is 26.3 Å². The third-order valence-electron chi connectivity index (χ3n) is 2.80. The van der Waals surface area contributed by atoms with Gasteiger partial charge in [0.05, 0.1) is 18.2 Å². The summed E-state index contributed by atoms with van der Waals surface area (Å²) < 4.78 is 0. The minimum Gasteiger partial charge on any atom is -0.351 e. The number of anilines is 1. The van der Waals surface area contributed by atoms with Crippen LogP contribution in [0.4, 0.5) is 5.95 Å². The minimum absolute atomic E-state index is 0.355. The van der Waals surface area contributed by atoms with Crippen molar-refractivity contribution in [1.29, 1.82) is 5.26 Å². The molecule has 1 N–H and O–H groups in total. The molecule has 0 saturated heterocycles. The zero-order valence-electron chi connectivity index (χ0n) is 11.5. The molecule has 2 heterocycles. The van der Waals surface area contributed by atoms with E-state index in [1.807, 2.05) is 25.1 Å². The van der Waals surface area contributed by atoms with Gasteiger partial charge in [-0.05, 0) is 37.5 Å². The number of nitrogens with one attached hydrogen (secondary N) is 1. The van der Waals surface area contributed by atoms with Gasteiger partial charge < -0.3 is 5.32 Å². The molecule has 5 heteroatoms. The van der Waals surface area contributed by atoms with Crippen LogP contribution in [0.5, 0.6) is 0 Å².